The first kappa shape index (κ1) is 13.1. The lowest BCUT2D eigenvalue weighted by atomic mass is 10.0. The molecule has 1 saturated heterocycles. The van der Waals surface area contributed by atoms with Crippen LogP contribution < -0.4 is 5.32 Å². The SMILES string of the molecule is CC(NCc1cccc(C(=O)O)c1)C1CCOC1. The molecule has 2 N–H and O–H groups in total. The highest BCUT2D eigenvalue weighted by atomic mass is 16.5. The van der Waals surface area contributed by atoms with Crippen molar-refractivity contribution in [3.05, 3.63) is 35.4 Å². The second-order valence-electron chi connectivity index (χ2n) is 4.80. The number of hydrogen-bond acceptors (Lipinski definition) is 3. The second kappa shape index (κ2) is 5.98. The van der Waals surface area contributed by atoms with E-state index in [2.05, 4.69) is 12.2 Å². The summed E-state index contributed by atoms with van der Waals surface area (Å²) in [6.07, 6.45) is 1.10. The van der Waals surface area contributed by atoms with Gasteiger partial charge in [0.15, 0.2) is 0 Å². The molecule has 0 radical (unpaired) electrons. The van der Waals surface area contributed by atoms with Crippen LogP contribution in [0.2, 0.25) is 0 Å². The number of aromatic carboxylic acids is 1. The van der Waals surface area contributed by atoms with Gasteiger partial charge in [-0.25, -0.2) is 4.79 Å². The minimum atomic E-state index is -0.880. The fourth-order valence-corrected chi connectivity index (χ4v) is 2.21. The van der Waals surface area contributed by atoms with Crippen LogP contribution in [0.15, 0.2) is 24.3 Å². The van der Waals surface area contributed by atoms with Crippen molar-refractivity contribution in [3.63, 3.8) is 0 Å². The lowest BCUT2D eigenvalue weighted by Crippen LogP contribution is -2.33. The molecule has 1 fully saturated rings. The van der Waals surface area contributed by atoms with E-state index in [1.54, 1.807) is 18.2 Å². The zero-order valence-electron chi connectivity index (χ0n) is 10.6. The molecule has 1 aromatic carbocycles. The average Bonchev–Trinajstić information content (AvgIpc) is 2.90. The van der Waals surface area contributed by atoms with Crippen molar-refractivity contribution < 1.29 is 14.6 Å². The van der Waals surface area contributed by atoms with E-state index >= 15 is 0 Å². The minimum Gasteiger partial charge on any atom is -0.478 e. The number of carboxylic acids is 1. The van der Waals surface area contributed by atoms with E-state index < -0.39 is 5.97 Å². The Morgan fingerprint density at radius 3 is 3.11 bits per heavy atom. The summed E-state index contributed by atoms with van der Waals surface area (Å²) in [4.78, 5) is 10.9. The first-order valence-electron chi connectivity index (χ1n) is 6.30. The smallest absolute Gasteiger partial charge is 0.335 e. The van der Waals surface area contributed by atoms with E-state index in [1.807, 2.05) is 6.07 Å². The number of carboxylic acid groups (broad SMARTS) is 1. The van der Waals surface area contributed by atoms with Crippen molar-refractivity contribution in [2.24, 2.45) is 5.92 Å². The van der Waals surface area contributed by atoms with Gasteiger partial charge in [-0.1, -0.05) is 12.1 Å². The summed E-state index contributed by atoms with van der Waals surface area (Å²) in [6.45, 7) is 4.52. The van der Waals surface area contributed by atoms with Gasteiger partial charge in [0.05, 0.1) is 12.2 Å². The first-order valence-corrected chi connectivity index (χ1v) is 6.30. The van der Waals surface area contributed by atoms with Crippen LogP contribution in [0, 0.1) is 5.92 Å². The third-order valence-corrected chi connectivity index (χ3v) is 3.47. The monoisotopic (exact) mass is 249 g/mol. The molecule has 0 aliphatic carbocycles. The zero-order valence-corrected chi connectivity index (χ0v) is 10.6. The van der Waals surface area contributed by atoms with E-state index in [1.165, 1.54) is 0 Å². The van der Waals surface area contributed by atoms with Crippen molar-refractivity contribution in [2.45, 2.75) is 25.9 Å². The molecule has 98 valence electrons. The summed E-state index contributed by atoms with van der Waals surface area (Å²) in [5.74, 6) is -0.318. The molecule has 0 bridgehead atoms. The molecular weight excluding hydrogens is 230 g/mol. The molecule has 0 spiro atoms. The molecule has 18 heavy (non-hydrogen) atoms. The van der Waals surface area contributed by atoms with Crippen molar-refractivity contribution in [1.29, 1.82) is 0 Å². The molecule has 0 amide bonds. The van der Waals surface area contributed by atoms with Gasteiger partial charge < -0.3 is 15.2 Å². The van der Waals surface area contributed by atoms with Gasteiger partial charge in [0.2, 0.25) is 0 Å². The summed E-state index contributed by atoms with van der Waals surface area (Å²) >= 11 is 0. The standard InChI is InChI=1S/C14H19NO3/c1-10(13-5-6-18-9-13)15-8-11-3-2-4-12(7-11)14(16)17/h2-4,7,10,13,15H,5-6,8-9H2,1H3,(H,16,17). The highest BCUT2D eigenvalue weighted by Crippen LogP contribution is 2.16. The van der Waals surface area contributed by atoms with Crippen LogP contribution in [-0.4, -0.2) is 30.3 Å². The van der Waals surface area contributed by atoms with Gasteiger partial charge in [0.25, 0.3) is 0 Å². The minimum absolute atomic E-state index is 0.339. The summed E-state index contributed by atoms with van der Waals surface area (Å²) in [5.41, 5.74) is 1.34. The lowest BCUT2D eigenvalue weighted by Gasteiger charge is -2.19. The number of nitrogens with one attached hydrogen (secondary N) is 1. The molecule has 4 nitrogen and oxygen atoms in total. The summed E-state index contributed by atoms with van der Waals surface area (Å²) in [7, 11) is 0. The van der Waals surface area contributed by atoms with Crippen LogP contribution in [0.25, 0.3) is 0 Å². The van der Waals surface area contributed by atoms with Crippen LogP contribution in [-0.2, 0) is 11.3 Å². The third kappa shape index (κ3) is 3.31. The molecule has 1 aliphatic rings. The largest absolute Gasteiger partial charge is 0.478 e. The summed E-state index contributed by atoms with van der Waals surface area (Å²) < 4.78 is 5.36. The van der Waals surface area contributed by atoms with E-state index in [-0.39, 0.29) is 0 Å². The highest BCUT2D eigenvalue weighted by molar-refractivity contribution is 5.87. The molecular formula is C14H19NO3. The maximum Gasteiger partial charge on any atom is 0.335 e. The molecule has 0 aromatic heterocycles. The van der Waals surface area contributed by atoms with Gasteiger partial charge in [0.1, 0.15) is 0 Å². The Kier molecular flexibility index (Phi) is 4.33. The predicted molar refractivity (Wildman–Crippen MR) is 68.6 cm³/mol. The Balaban J connectivity index is 1.89. The van der Waals surface area contributed by atoms with E-state index in [0.717, 1.165) is 25.2 Å². The van der Waals surface area contributed by atoms with Gasteiger partial charge >= 0.3 is 5.97 Å². The quantitative estimate of drug-likeness (QED) is 0.836. The van der Waals surface area contributed by atoms with Gasteiger partial charge in [0, 0.05) is 19.2 Å². The number of rotatable bonds is 5. The zero-order chi connectivity index (χ0) is 13.0. The van der Waals surface area contributed by atoms with Gasteiger partial charge in [-0.2, -0.15) is 0 Å². The Labute approximate surface area is 107 Å². The summed E-state index contributed by atoms with van der Waals surface area (Å²) in [6, 6.07) is 7.44. The molecule has 2 atom stereocenters. The third-order valence-electron chi connectivity index (χ3n) is 3.47. The Bertz CT molecular complexity index is 413. The fraction of sp³-hybridized carbons (Fsp3) is 0.500. The molecule has 0 saturated carbocycles. The topological polar surface area (TPSA) is 58.6 Å². The number of ether oxygens (including phenoxy) is 1. The Morgan fingerprint density at radius 1 is 1.61 bits per heavy atom. The highest BCUT2D eigenvalue weighted by Gasteiger charge is 2.21. The van der Waals surface area contributed by atoms with Crippen LogP contribution >= 0.6 is 0 Å². The van der Waals surface area contributed by atoms with E-state index in [0.29, 0.717) is 24.1 Å². The number of benzene rings is 1. The maximum absolute atomic E-state index is 10.9. The van der Waals surface area contributed by atoms with Crippen LogP contribution in [0.3, 0.4) is 0 Å². The summed E-state index contributed by atoms with van der Waals surface area (Å²) in [5, 5.41) is 12.4. The Hall–Kier alpha value is -1.39. The molecule has 4 heteroatoms. The van der Waals surface area contributed by atoms with Crippen molar-refractivity contribution in [1.82, 2.24) is 5.32 Å². The molecule has 1 aromatic rings. The molecule has 1 heterocycles. The van der Waals surface area contributed by atoms with Crippen molar-refractivity contribution >= 4 is 5.97 Å². The van der Waals surface area contributed by atoms with Gasteiger partial charge in [-0.15, -0.1) is 0 Å². The normalized spacial score (nSPS) is 20.8. The van der Waals surface area contributed by atoms with Gasteiger partial charge in [-0.05, 0) is 37.0 Å². The average molecular weight is 249 g/mol. The predicted octanol–water partition coefficient (Wildman–Crippen LogP) is 1.90. The fourth-order valence-electron chi connectivity index (χ4n) is 2.21. The number of hydrogen-bond donors (Lipinski definition) is 2. The second-order valence-corrected chi connectivity index (χ2v) is 4.80. The lowest BCUT2D eigenvalue weighted by molar-refractivity contribution is 0.0696. The van der Waals surface area contributed by atoms with E-state index in [4.69, 9.17) is 9.84 Å². The van der Waals surface area contributed by atoms with Crippen LogP contribution in [0.1, 0.15) is 29.3 Å². The Morgan fingerprint density at radius 2 is 2.44 bits per heavy atom. The molecule has 2 unspecified atom stereocenters. The van der Waals surface area contributed by atoms with Crippen molar-refractivity contribution in [2.75, 3.05) is 13.2 Å². The van der Waals surface area contributed by atoms with E-state index in [9.17, 15) is 4.79 Å². The van der Waals surface area contributed by atoms with Crippen molar-refractivity contribution in [3.8, 4) is 0 Å². The van der Waals surface area contributed by atoms with Crippen LogP contribution in [0.5, 0.6) is 0 Å². The maximum atomic E-state index is 10.9. The van der Waals surface area contributed by atoms with Crippen LogP contribution in [0.4, 0.5) is 0 Å². The van der Waals surface area contributed by atoms with Gasteiger partial charge in [-0.3, -0.25) is 0 Å². The molecule has 1 aliphatic heterocycles. The number of carbonyl (C=O) groups is 1. The molecule has 2 rings (SSSR count). The first-order chi connectivity index (χ1) is 8.66.